The van der Waals surface area contributed by atoms with Crippen molar-refractivity contribution in [1.82, 2.24) is 15.6 Å². The summed E-state index contributed by atoms with van der Waals surface area (Å²) in [5.41, 5.74) is 2.32. The predicted octanol–water partition coefficient (Wildman–Crippen LogP) is 1.98. The van der Waals surface area contributed by atoms with Crippen LogP contribution in [0.1, 0.15) is 12.5 Å². The van der Waals surface area contributed by atoms with Gasteiger partial charge in [0.15, 0.2) is 5.96 Å². The first-order chi connectivity index (χ1) is 10.8. The van der Waals surface area contributed by atoms with Gasteiger partial charge in [-0.3, -0.25) is 9.98 Å². The minimum absolute atomic E-state index is 0.685. The molecule has 0 aliphatic heterocycles. The summed E-state index contributed by atoms with van der Waals surface area (Å²) in [4.78, 5) is 8.68. The van der Waals surface area contributed by atoms with Crippen molar-refractivity contribution in [2.24, 2.45) is 4.99 Å². The van der Waals surface area contributed by atoms with Crippen LogP contribution in [0.3, 0.4) is 0 Å². The van der Waals surface area contributed by atoms with E-state index in [1.165, 1.54) is 10.9 Å². The molecule has 0 spiro atoms. The van der Waals surface area contributed by atoms with Crippen LogP contribution in [0.2, 0.25) is 0 Å². The van der Waals surface area contributed by atoms with E-state index in [4.69, 9.17) is 4.74 Å². The van der Waals surface area contributed by atoms with Gasteiger partial charge < -0.3 is 15.4 Å². The average Bonchev–Trinajstić information content (AvgIpc) is 2.57. The molecule has 22 heavy (non-hydrogen) atoms. The SMILES string of the molecule is CCOCCNC(=NC)NCCc1cccc2cccnc12. The fourth-order valence-electron chi connectivity index (χ4n) is 2.29. The van der Waals surface area contributed by atoms with Crippen molar-refractivity contribution in [3.05, 3.63) is 42.1 Å². The van der Waals surface area contributed by atoms with E-state index in [1.807, 2.05) is 19.2 Å². The zero-order chi connectivity index (χ0) is 15.6. The number of hydrogen-bond donors (Lipinski definition) is 2. The van der Waals surface area contributed by atoms with E-state index in [2.05, 4.69) is 44.9 Å². The number of rotatable bonds is 7. The third kappa shape index (κ3) is 4.70. The summed E-state index contributed by atoms with van der Waals surface area (Å²) in [6.45, 7) is 4.98. The highest BCUT2D eigenvalue weighted by molar-refractivity contribution is 5.82. The van der Waals surface area contributed by atoms with Crippen molar-refractivity contribution < 1.29 is 4.74 Å². The molecule has 2 N–H and O–H groups in total. The average molecular weight is 300 g/mol. The van der Waals surface area contributed by atoms with Gasteiger partial charge in [-0.2, -0.15) is 0 Å². The second-order valence-corrected chi connectivity index (χ2v) is 4.86. The number of ether oxygens (including phenoxy) is 1. The molecule has 2 aromatic rings. The minimum atomic E-state index is 0.685. The molecular formula is C17H24N4O. The van der Waals surface area contributed by atoms with Crippen molar-refractivity contribution in [1.29, 1.82) is 0 Å². The third-order valence-electron chi connectivity index (χ3n) is 3.37. The molecule has 0 saturated carbocycles. The number of aromatic nitrogens is 1. The number of pyridine rings is 1. The molecule has 0 bridgehead atoms. The summed E-state index contributed by atoms with van der Waals surface area (Å²) in [6.07, 6.45) is 2.74. The molecule has 0 radical (unpaired) electrons. The van der Waals surface area contributed by atoms with Crippen LogP contribution in [0.5, 0.6) is 0 Å². The lowest BCUT2D eigenvalue weighted by Gasteiger charge is -2.12. The van der Waals surface area contributed by atoms with Gasteiger partial charge in [-0.15, -0.1) is 0 Å². The molecule has 118 valence electrons. The van der Waals surface area contributed by atoms with Crippen LogP contribution in [-0.4, -0.2) is 44.3 Å². The standard InChI is InChI=1S/C17H24N4O/c1-3-22-13-12-21-17(18-2)20-11-9-15-7-4-6-14-8-5-10-19-16(14)15/h4-8,10H,3,9,11-13H2,1-2H3,(H2,18,20,21). The Balaban J connectivity index is 1.84. The van der Waals surface area contributed by atoms with Gasteiger partial charge in [0.2, 0.25) is 0 Å². The van der Waals surface area contributed by atoms with E-state index in [1.54, 1.807) is 7.05 Å². The Morgan fingerprint density at radius 3 is 2.82 bits per heavy atom. The minimum Gasteiger partial charge on any atom is -0.380 e. The lowest BCUT2D eigenvalue weighted by molar-refractivity contribution is 0.152. The van der Waals surface area contributed by atoms with Gasteiger partial charge in [-0.1, -0.05) is 24.3 Å². The Morgan fingerprint density at radius 2 is 2.00 bits per heavy atom. The van der Waals surface area contributed by atoms with Crippen molar-refractivity contribution in [2.75, 3.05) is 33.4 Å². The van der Waals surface area contributed by atoms with Crippen LogP contribution in [0.15, 0.2) is 41.5 Å². The maximum Gasteiger partial charge on any atom is 0.191 e. The van der Waals surface area contributed by atoms with Gasteiger partial charge in [-0.25, -0.2) is 0 Å². The van der Waals surface area contributed by atoms with Gasteiger partial charge in [0, 0.05) is 38.3 Å². The molecule has 0 fully saturated rings. The molecule has 2 rings (SSSR count). The van der Waals surface area contributed by atoms with Crippen molar-refractivity contribution in [2.45, 2.75) is 13.3 Å². The van der Waals surface area contributed by atoms with Crippen molar-refractivity contribution >= 4 is 16.9 Å². The van der Waals surface area contributed by atoms with Crippen molar-refractivity contribution in [3.63, 3.8) is 0 Å². The first-order valence-corrected chi connectivity index (χ1v) is 7.70. The molecule has 0 saturated heterocycles. The summed E-state index contributed by atoms with van der Waals surface area (Å²) in [5, 5.41) is 7.72. The number of para-hydroxylation sites is 1. The van der Waals surface area contributed by atoms with E-state index < -0.39 is 0 Å². The van der Waals surface area contributed by atoms with Gasteiger partial charge in [0.25, 0.3) is 0 Å². The molecule has 0 amide bonds. The summed E-state index contributed by atoms with van der Waals surface area (Å²) in [6, 6.07) is 10.4. The monoisotopic (exact) mass is 300 g/mol. The van der Waals surface area contributed by atoms with Gasteiger partial charge in [0.05, 0.1) is 12.1 Å². The first-order valence-electron chi connectivity index (χ1n) is 7.70. The topological polar surface area (TPSA) is 58.5 Å². The molecule has 0 atom stereocenters. The molecule has 1 aromatic carbocycles. The number of fused-ring (bicyclic) bond motifs is 1. The van der Waals surface area contributed by atoms with Gasteiger partial charge in [0.1, 0.15) is 0 Å². The van der Waals surface area contributed by atoms with Crippen LogP contribution in [0.25, 0.3) is 10.9 Å². The normalized spacial score (nSPS) is 11.6. The number of aliphatic imine (C=N–C) groups is 1. The molecule has 5 nitrogen and oxygen atoms in total. The molecule has 0 aliphatic rings. The number of nitrogens with one attached hydrogen (secondary N) is 2. The Hall–Kier alpha value is -2.14. The first kappa shape index (κ1) is 16.2. The second kappa shape index (κ2) is 9.00. The number of hydrogen-bond acceptors (Lipinski definition) is 3. The highest BCUT2D eigenvalue weighted by atomic mass is 16.5. The van der Waals surface area contributed by atoms with E-state index in [9.17, 15) is 0 Å². The van der Waals surface area contributed by atoms with Crippen LogP contribution in [0, 0.1) is 0 Å². The summed E-state index contributed by atoms with van der Waals surface area (Å²) >= 11 is 0. The predicted molar refractivity (Wildman–Crippen MR) is 91.3 cm³/mol. The maximum atomic E-state index is 5.30. The molecular weight excluding hydrogens is 276 g/mol. The largest absolute Gasteiger partial charge is 0.380 e. The van der Waals surface area contributed by atoms with E-state index in [-0.39, 0.29) is 0 Å². The number of benzene rings is 1. The maximum absolute atomic E-state index is 5.30. The second-order valence-electron chi connectivity index (χ2n) is 4.86. The Bertz CT molecular complexity index is 607. The zero-order valence-electron chi connectivity index (χ0n) is 13.3. The Kier molecular flexibility index (Phi) is 6.64. The summed E-state index contributed by atoms with van der Waals surface area (Å²) in [5.74, 6) is 0.799. The van der Waals surface area contributed by atoms with Crippen LogP contribution < -0.4 is 10.6 Å². The quantitative estimate of drug-likeness (QED) is 0.466. The van der Waals surface area contributed by atoms with Gasteiger partial charge in [-0.05, 0) is 25.0 Å². The third-order valence-corrected chi connectivity index (χ3v) is 3.37. The lowest BCUT2D eigenvalue weighted by atomic mass is 10.1. The van der Waals surface area contributed by atoms with Crippen molar-refractivity contribution in [3.8, 4) is 0 Å². The fraction of sp³-hybridized carbons (Fsp3) is 0.412. The summed E-state index contributed by atoms with van der Waals surface area (Å²) < 4.78 is 5.30. The van der Waals surface area contributed by atoms with E-state index in [0.717, 1.165) is 37.6 Å². The van der Waals surface area contributed by atoms with Crippen LogP contribution >= 0.6 is 0 Å². The highest BCUT2D eigenvalue weighted by Crippen LogP contribution is 2.15. The molecule has 1 aromatic heterocycles. The smallest absolute Gasteiger partial charge is 0.191 e. The molecule has 1 heterocycles. The number of guanidine groups is 1. The highest BCUT2D eigenvalue weighted by Gasteiger charge is 2.02. The Labute approximate surface area is 131 Å². The Morgan fingerprint density at radius 1 is 1.18 bits per heavy atom. The molecule has 0 aliphatic carbocycles. The number of nitrogens with zero attached hydrogens (tertiary/aromatic N) is 2. The fourth-order valence-corrected chi connectivity index (χ4v) is 2.29. The van der Waals surface area contributed by atoms with E-state index >= 15 is 0 Å². The summed E-state index contributed by atoms with van der Waals surface area (Å²) in [7, 11) is 1.77. The molecule has 5 heteroatoms. The van der Waals surface area contributed by atoms with E-state index in [0.29, 0.717) is 6.61 Å². The van der Waals surface area contributed by atoms with Crippen LogP contribution in [0.4, 0.5) is 0 Å². The van der Waals surface area contributed by atoms with Crippen LogP contribution in [-0.2, 0) is 11.2 Å². The zero-order valence-corrected chi connectivity index (χ0v) is 13.3. The molecule has 0 unspecified atom stereocenters. The lowest BCUT2D eigenvalue weighted by Crippen LogP contribution is -2.39. The van der Waals surface area contributed by atoms with Gasteiger partial charge >= 0.3 is 0 Å².